The summed E-state index contributed by atoms with van der Waals surface area (Å²) in [5, 5.41) is 31.7. The average Bonchev–Trinajstić information content (AvgIpc) is 3.59. The van der Waals surface area contributed by atoms with Gasteiger partial charge >= 0.3 is 5.97 Å². The van der Waals surface area contributed by atoms with Crippen LogP contribution in [0.3, 0.4) is 0 Å². The molecule has 0 amide bonds. The fourth-order valence-corrected chi connectivity index (χ4v) is 5.42. The Balaban J connectivity index is 1.42. The van der Waals surface area contributed by atoms with Crippen LogP contribution in [0.15, 0.2) is 60.9 Å². The maximum Gasteiger partial charge on any atom is 0.310 e. The third-order valence-electron chi connectivity index (χ3n) is 7.68. The van der Waals surface area contributed by atoms with Crippen molar-refractivity contribution >= 4 is 17.4 Å². The number of carboxylic acids is 1. The van der Waals surface area contributed by atoms with Crippen molar-refractivity contribution in [3.05, 3.63) is 89.3 Å². The van der Waals surface area contributed by atoms with Crippen LogP contribution >= 0.6 is 0 Å². The first-order chi connectivity index (χ1) is 20.3. The van der Waals surface area contributed by atoms with Gasteiger partial charge in [-0.05, 0) is 55.3 Å². The third kappa shape index (κ3) is 4.90. The van der Waals surface area contributed by atoms with E-state index in [0.717, 1.165) is 5.56 Å². The summed E-state index contributed by atoms with van der Waals surface area (Å²) in [4.78, 5) is 23.0. The highest BCUT2D eigenvalue weighted by Gasteiger charge is 2.40. The first-order valence-electron chi connectivity index (χ1n) is 13.3. The van der Waals surface area contributed by atoms with Gasteiger partial charge < -0.3 is 10.8 Å². The number of nitrogen functional groups attached to an aromatic ring is 1. The molecule has 42 heavy (non-hydrogen) atoms. The largest absolute Gasteiger partial charge is 0.481 e. The van der Waals surface area contributed by atoms with Gasteiger partial charge in [-0.25, -0.2) is 18.9 Å². The highest BCUT2D eigenvalue weighted by Crippen LogP contribution is 2.34. The van der Waals surface area contributed by atoms with Crippen molar-refractivity contribution in [2.24, 2.45) is 5.41 Å². The van der Waals surface area contributed by atoms with Gasteiger partial charge in [0.15, 0.2) is 17.3 Å². The molecule has 4 heterocycles. The second-order valence-electron chi connectivity index (χ2n) is 10.7. The third-order valence-corrected chi connectivity index (χ3v) is 7.68. The fraction of sp³-hybridized carbons (Fsp3) is 0.233. The van der Waals surface area contributed by atoms with Crippen LogP contribution in [0.4, 0.5) is 10.2 Å². The standard InChI is InChI=1S/C30H26FN9O2/c1-30(29(41)42)9-11-39(17-30)16-21-6-3-7-23(31)22(21)13-24-36-28-27(33)37-25(19-5-2-4-18(12-19)14-32)26(40(28)38-24)20-8-10-34-35-15-20/h2-8,10,12,15H,9,11,13,16-17H2,1H3,(H2,33,37)(H,41,42)/t30-/m1/s1. The predicted molar refractivity (Wildman–Crippen MR) is 151 cm³/mol. The second-order valence-corrected chi connectivity index (χ2v) is 10.7. The Labute approximate surface area is 240 Å². The van der Waals surface area contributed by atoms with Crippen LogP contribution in [-0.2, 0) is 17.8 Å². The van der Waals surface area contributed by atoms with Gasteiger partial charge in [-0.15, -0.1) is 0 Å². The maximum absolute atomic E-state index is 15.3. The lowest BCUT2D eigenvalue weighted by Crippen LogP contribution is -2.31. The Hall–Kier alpha value is -5.28. The monoisotopic (exact) mass is 563 g/mol. The molecule has 6 rings (SSSR count). The topological polar surface area (TPSA) is 159 Å². The lowest BCUT2D eigenvalue weighted by Gasteiger charge is -2.21. The van der Waals surface area contributed by atoms with E-state index in [1.54, 1.807) is 54.2 Å². The second kappa shape index (κ2) is 10.6. The molecule has 12 heteroatoms. The normalized spacial score (nSPS) is 17.0. The molecule has 1 saturated heterocycles. The number of nitrogens with zero attached hydrogens (tertiary/aromatic N) is 8. The molecule has 0 spiro atoms. The van der Waals surface area contributed by atoms with E-state index in [2.05, 4.69) is 26.2 Å². The number of hydrogen-bond acceptors (Lipinski definition) is 9. The quantitative estimate of drug-likeness (QED) is 0.299. The van der Waals surface area contributed by atoms with Crippen LogP contribution in [0.2, 0.25) is 0 Å². The van der Waals surface area contributed by atoms with Crippen molar-refractivity contribution < 1.29 is 14.3 Å². The molecule has 2 aromatic carbocycles. The Bertz CT molecular complexity index is 1870. The van der Waals surface area contributed by atoms with Crippen LogP contribution in [-0.4, -0.2) is 58.8 Å². The number of anilines is 1. The van der Waals surface area contributed by atoms with E-state index >= 15 is 4.39 Å². The number of likely N-dealkylation sites (tertiary alicyclic amines) is 1. The number of aromatic nitrogens is 6. The molecule has 0 aliphatic carbocycles. The van der Waals surface area contributed by atoms with Crippen LogP contribution in [0, 0.1) is 22.6 Å². The number of hydrogen-bond donors (Lipinski definition) is 2. The first-order valence-corrected chi connectivity index (χ1v) is 13.3. The summed E-state index contributed by atoms with van der Waals surface area (Å²) in [5.74, 6) is -0.776. The van der Waals surface area contributed by atoms with E-state index in [1.807, 2.05) is 17.0 Å². The molecule has 1 fully saturated rings. The Morgan fingerprint density at radius 1 is 1.17 bits per heavy atom. The number of nitriles is 1. The number of rotatable bonds is 7. The summed E-state index contributed by atoms with van der Waals surface area (Å²) < 4.78 is 16.8. The fourth-order valence-electron chi connectivity index (χ4n) is 5.42. The highest BCUT2D eigenvalue weighted by atomic mass is 19.1. The van der Waals surface area contributed by atoms with Gasteiger partial charge in [0.25, 0.3) is 0 Å². The minimum Gasteiger partial charge on any atom is -0.481 e. The smallest absolute Gasteiger partial charge is 0.310 e. The molecule has 0 bridgehead atoms. The van der Waals surface area contributed by atoms with E-state index in [-0.39, 0.29) is 12.2 Å². The van der Waals surface area contributed by atoms with E-state index in [4.69, 9.17) is 10.8 Å². The van der Waals surface area contributed by atoms with Crippen molar-refractivity contribution in [2.75, 3.05) is 18.8 Å². The summed E-state index contributed by atoms with van der Waals surface area (Å²) in [7, 11) is 0. The molecule has 0 unspecified atom stereocenters. The summed E-state index contributed by atoms with van der Waals surface area (Å²) in [6.45, 7) is 3.13. The Morgan fingerprint density at radius 3 is 2.74 bits per heavy atom. The molecule has 0 radical (unpaired) electrons. The molecule has 3 N–H and O–H groups in total. The number of fused-ring (bicyclic) bond motifs is 1. The Morgan fingerprint density at radius 2 is 2.00 bits per heavy atom. The summed E-state index contributed by atoms with van der Waals surface area (Å²) in [6.07, 6.45) is 3.73. The molecule has 1 aliphatic heterocycles. The molecular weight excluding hydrogens is 537 g/mol. The lowest BCUT2D eigenvalue weighted by atomic mass is 9.90. The van der Waals surface area contributed by atoms with Crippen molar-refractivity contribution in [3.63, 3.8) is 0 Å². The highest BCUT2D eigenvalue weighted by molar-refractivity contribution is 5.82. The van der Waals surface area contributed by atoms with Crippen LogP contribution in [0.5, 0.6) is 0 Å². The number of halogens is 1. The first kappa shape index (κ1) is 26.9. The van der Waals surface area contributed by atoms with Crippen molar-refractivity contribution in [3.8, 4) is 28.6 Å². The van der Waals surface area contributed by atoms with Gasteiger partial charge in [0, 0.05) is 30.6 Å². The van der Waals surface area contributed by atoms with Gasteiger partial charge in [0.2, 0.25) is 0 Å². The van der Waals surface area contributed by atoms with E-state index in [9.17, 15) is 15.2 Å². The lowest BCUT2D eigenvalue weighted by molar-refractivity contribution is -0.147. The molecule has 0 saturated carbocycles. The molecule has 1 atom stereocenters. The number of carbonyl (C=O) groups is 1. The van der Waals surface area contributed by atoms with E-state index in [1.165, 1.54) is 6.07 Å². The minimum absolute atomic E-state index is 0.0838. The molecule has 3 aromatic heterocycles. The zero-order valence-corrected chi connectivity index (χ0v) is 22.7. The van der Waals surface area contributed by atoms with Crippen LogP contribution in [0.1, 0.15) is 35.9 Å². The van der Waals surface area contributed by atoms with Crippen molar-refractivity contribution in [1.82, 2.24) is 34.7 Å². The summed E-state index contributed by atoms with van der Waals surface area (Å²) >= 11 is 0. The molecular formula is C30H26FN9O2. The van der Waals surface area contributed by atoms with Gasteiger partial charge in [-0.3, -0.25) is 9.69 Å². The van der Waals surface area contributed by atoms with Crippen LogP contribution < -0.4 is 5.73 Å². The minimum atomic E-state index is -0.830. The van der Waals surface area contributed by atoms with Gasteiger partial charge in [0.05, 0.1) is 35.1 Å². The molecule has 1 aliphatic rings. The van der Waals surface area contributed by atoms with E-state index < -0.39 is 17.2 Å². The molecule has 11 nitrogen and oxygen atoms in total. The zero-order valence-electron chi connectivity index (χ0n) is 22.7. The van der Waals surface area contributed by atoms with Gasteiger partial charge in [-0.2, -0.15) is 20.6 Å². The van der Waals surface area contributed by atoms with Gasteiger partial charge in [0.1, 0.15) is 11.5 Å². The van der Waals surface area contributed by atoms with Crippen LogP contribution in [0.25, 0.3) is 28.2 Å². The average molecular weight is 564 g/mol. The van der Waals surface area contributed by atoms with Gasteiger partial charge in [-0.1, -0.05) is 24.3 Å². The Kier molecular flexibility index (Phi) is 6.80. The maximum atomic E-state index is 15.3. The predicted octanol–water partition coefficient (Wildman–Crippen LogP) is 3.73. The SMILES string of the molecule is C[C@@]1(C(=O)O)CCN(Cc2cccc(F)c2Cc2nc3c(N)nc(-c4cccc(C#N)c4)c(-c4ccnnc4)n3n2)C1. The van der Waals surface area contributed by atoms with Crippen molar-refractivity contribution in [1.29, 1.82) is 5.26 Å². The number of aliphatic carboxylic acids is 1. The number of benzene rings is 2. The van der Waals surface area contributed by atoms with E-state index in [0.29, 0.717) is 71.2 Å². The number of nitrogens with two attached hydrogens (primary N) is 1. The summed E-state index contributed by atoms with van der Waals surface area (Å²) in [5.41, 5.74) is 9.80. The van der Waals surface area contributed by atoms with Crippen molar-refractivity contribution in [2.45, 2.75) is 26.3 Å². The molecule has 5 aromatic rings. The zero-order chi connectivity index (χ0) is 29.4. The number of carboxylic acid groups (broad SMARTS) is 1. The summed E-state index contributed by atoms with van der Waals surface area (Å²) in [6, 6.07) is 15.8. The molecule has 210 valence electrons.